The highest BCUT2D eigenvalue weighted by atomic mass is 35.5. The minimum atomic E-state index is 0.223. The van der Waals surface area contributed by atoms with E-state index in [4.69, 9.17) is 23.2 Å². The molecule has 0 amide bonds. The van der Waals surface area contributed by atoms with Crippen LogP contribution in [0.5, 0.6) is 0 Å². The van der Waals surface area contributed by atoms with E-state index >= 15 is 0 Å². The van der Waals surface area contributed by atoms with Crippen LogP contribution in [0.25, 0.3) is 0 Å². The zero-order chi connectivity index (χ0) is 10.7. The van der Waals surface area contributed by atoms with E-state index in [1.165, 1.54) is 0 Å². The quantitative estimate of drug-likeness (QED) is 0.828. The molecular weight excluding hydrogens is 217 g/mol. The Bertz CT molecular complexity index is 310. The Morgan fingerprint density at radius 2 is 1.79 bits per heavy atom. The highest BCUT2D eigenvalue weighted by molar-refractivity contribution is 6.33. The van der Waals surface area contributed by atoms with E-state index in [0.717, 1.165) is 15.6 Å². The van der Waals surface area contributed by atoms with Crippen LogP contribution in [0.15, 0.2) is 18.2 Å². The van der Waals surface area contributed by atoms with Gasteiger partial charge in [-0.2, -0.15) is 0 Å². The van der Waals surface area contributed by atoms with Crippen molar-refractivity contribution in [2.45, 2.75) is 32.9 Å². The van der Waals surface area contributed by atoms with Crippen molar-refractivity contribution in [2.75, 3.05) is 0 Å². The smallest absolute Gasteiger partial charge is 0.0454 e. The molecule has 0 aromatic heterocycles. The Morgan fingerprint density at radius 3 is 2.36 bits per heavy atom. The maximum atomic E-state index is 6.08. The van der Waals surface area contributed by atoms with Crippen molar-refractivity contribution in [2.24, 2.45) is 0 Å². The lowest BCUT2D eigenvalue weighted by Crippen LogP contribution is -2.26. The van der Waals surface area contributed by atoms with Gasteiger partial charge in [0.1, 0.15) is 0 Å². The van der Waals surface area contributed by atoms with E-state index in [1.807, 2.05) is 12.1 Å². The van der Waals surface area contributed by atoms with Gasteiger partial charge in [0.05, 0.1) is 0 Å². The average Bonchev–Trinajstić information content (AvgIpc) is 2.08. The van der Waals surface area contributed by atoms with Crippen LogP contribution < -0.4 is 5.32 Å². The number of hydrogen-bond donors (Lipinski definition) is 1. The van der Waals surface area contributed by atoms with Crippen molar-refractivity contribution in [3.05, 3.63) is 33.8 Å². The highest BCUT2D eigenvalue weighted by Gasteiger charge is 2.10. The molecule has 14 heavy (non-hydrogen) atoms. The third-order valence-corrected chi connectivity index (χ3v) is 2.59. The van der Waals surface area contributed by atoms with Gasteiger partial charge in [-0.25, -0.2) is 0 Å². The van der Waals surface area contributed by atoms with Crippen LogP contribution in [-0.4, -0.2) is 6.04 Å². The number of benzene rings is 1. The lowest BCUT2D eigenvalue weighted by molar-refractivity contribution is 0.506. The van der Waals surface area contributed by atoms with Gasteiger partial charge in [0.25, 0.3) is 0 Å². The number of rotatable bonds is 3. The molecule has 1 rings (SSSR count). The number of hydrogen-bond acceptors (Lipinski definition) is 1. The summed E-state index contributed by atoms with van der Waals surface area (Å²) in [5, 5.41) is 4.87. The first-order chi connectivity index (χ1) is 6.50. The molecule has 0 radical (unpaired) electrons. The Kier molecular flexibility index (Phi) is 4.24. The van der Waals surface area contributed by atoms with E-state index in [2.05, 4.69) is 26.1 Å². The Morgan fingerprint density at radius 1 is 1.14 bits per heavy atom. The summed E-state index contributed by atoms with van der Waals surface area (Å²) in [5.41, 5.74) is 1.05. The fraction of sp³-hybridized carbons (Fsp3) is 0.455. The van der Waals surface area contributed by atoms with Crippen molar-refractivity contribution in [3.63, 3.8) is 0 Å². The molecular formula is C11H15Cl2N. The maximum absolute atomic E-state index is 6.08. The van der Waals surface area contributed by atoms with Gasteiger partial charge >= 0.3 is 0 Å². The van der Waals surface area contributed by atoms with Crippen molar-refractivity contribution in [3.8, 4) is 0 Å². The van der Waals surface area contributed by atoms with Crippen LogP contribution in [0.4, 0.5) is 0 Å². The van der Waals surface area contributed by atoms with Gasteiger partial charge in [0.2, 0.25) is 0 Å². The van der Waals surface area contributed by atoms with Crippen LogP contribution in [-0.2, 0) is 0 Å². The minimum Gasteiger partial charge on any atom is -0.308 e. The van der Waals surface area contributed by atoms with Gasteiger partial charge in [0.15, 0.2) is 0 Å². The molecule has 0 fully saturated rings. The summed E-state index contributed by atoms with van der Waals surface area (Å²) in [7, 11) is 0. The molecule has 0 heterocycles. The van der Waals surface area contributed by atoms with E-state index < -0.39 is 0 Å². The van der Waals surface area contributed by atoms with Gasteiger partial charge in [-0.15, -0.1) is 0 Å². The molecule has 0 spiro atoms. The summed E-state index contributed by atoms with van der Waals surface area (Å²) < 4.78 is 0. The predicted molar refractivity (Wildman–Crippen MR) is 63.1 cm³/mol. The highest BCUT2D eigenvalue weighted by Crippen LogP contribution is 2.26. The largest absolute Gasteiger partial charge is 0.308 e. The Labute approximate surface area is 95.4 Å². The minimum absolute atomic E-state index is 0.223. The normalized spacial score (nSPS) is 13.3. The molecule has 0 aliphatic rings. The van der Waals surface area contributed by atoms with Gasteiger partial charge in [-0.1, -0.05) is 37.0 Å². The van der Waals surface area contributed by atoms with Crippen LogP contribution >= 0.6 is 23.2 Å². The van der Waals surface area contributed by atoms with Gasteiger partial charge in [-0.05, 0) is 30.7 Å². The maximum Gasteiger partial charge on any atom is 0.0454 e. The van der Waals surface area contributed by atoms with E-state index in [9.17, 15) is 0 Å². The van der Waals surface area contributed by atoms with Gasteiger partial charge < -0.3 is 5.32 Å². The molecule has 1 N–H and O–H groups in total. The first kappa shape index (κ1) is 11.8. The lowest BCUT2D eigenvalue weighted by atomic mass is 10.1. The zero-order valence-corrected chi connectivity index (χ0v) is 10.2. The second-order valence-electron chi connectivity index (χ2n) is 3.71. The molecule has 0 aliphatic carbocycles. The van der Waals surface area contributed by atoms with Crippen LogP contribution in [0.3, 0.4) is 0 Å². The first-order valence-corrected chi connectivity index (χ1v) is 5.47. The van der Waals surface area contributed by atoms with Crippen LogP contribution in [0.2, 0.25) is 10.0 Å². The topological polar surface area (TPSA) is 12.0 Å². The van der Waals surface area contributed by atoms with Gasteiger partial charge in [0, 0.05) is 22.1 Å². The lowest BCUT2D eigenvalue weighted by Gasteiger charge is -2.18. The molecule has 0 bridgehead atoms. The van der Waals surface area contributed by atoms with E-state index in [-0.39, 0.29) is 6.04 Å². The Hall–Kier alpha value is -0.240. The molecule has 1 unspecified atom stereocenters. The standard InChI is InChI=1S/C11H15Cl2N/c1-7(2)14-8(3)10-6-9(12)4-5-11(10)13/h4-8,14H,1-3H3. The van der Waals surface area contributed by atoms with Crippen molar-refractivity contribution in [1.82, 2.24) is 5.32 Å². The SMILES string of the molecule is CC(C)NC(C)c1cc(Cl)ccc1Cl. The monoisotopic (exact) mass is 231 g/mol. The fourth-order valence-corrected chi connectivity index (χ4v) is 1.90. The zero-order valence-electron chi connectivity index (χ0n) is 8.64. The summed E-state index contributed by atoms with van der Waals surface area (Å²) in [6, 6.07) is 6.19. The molecule has 1 aromatic rings. The number of nitrogens with one attached hydrogen (secondary N) is 1. The van der Waals surface area contributed by atoms with E-state index in [1.54, 1.807) is 6.07 Å². The van der Waals surface area contributed by atoms with Crippen LogP contribution in [0, 0.1) is 0 Å². The second-order valence-corrected chi connectivity index (χ2v) is 4.55. The summed E-state index contributed by atoms with van der Waals surface area (Å²) in [6.07, 6.45) is 0. The molecule has 78 valence electrons. The first-order valence-electron chi connectivity index (χ1n) is 4.71. The summed E-state index contributed by atoms with van der Waals surface area (Å²) in [4.78, 5) is 0. The summed E-state index contributed by atoms with van der Waals surface area (Å²) >= 11 is 12.0. The predicted octanol–water partition coefficient (Wildman–Crippen LogP) is 4.05. The molecule has 1 atom stereocenters. The third-order valence-electron chi connectivity index (χ3n) is 2.01. The molecule has 3 heteroatoms. The molecule has 1 aromatic carbocycles. The van der Waals surface area contributed by atoms with Crippen molar-refractivity contribution in [1.29, 1.82) is 0 Å². The molecule has 0 saturated heterocycles. The second kappa shape index (κ2) is 5.01. The fourth-order valence-electron chi connectivity index (χ4n) is 1.44. The average molecular weight is 232 g/mol. The van der Waals surface area contributed by atoms with E-state index in [0.29, 0.717) is 6.04 Å². The Balaban J connectivity index is 2.88. The summed E-state index contributed by atoms with van der Waals surface area (Å²) in [6.45, 7) is 6.29. The van der Waals surface area contributed by atoms with Crippen molar-refractivity contribution < 1.29 is 0 Å². The molecule has 0 saturated carbocycles. The molecule has 1 nitrogen and oxygen atoms in total. The number of halogens is 2. The van der Waals surface area contributed by atoms with Gasteiger partial charge in [-0.3, -0.25) is 0 Å². The summed E-state index contributed by atoms with van der Waals surface area (Å²) in [5.74, 6) is 0. The third kappa shape index (κ3) is 3.16. The van der Waals surface area contributed by atoms with Crippen molar-refractivity contribution >= 4 is 23.2 Å². The van der Waals surface area contributed by atoms with Crippen LogP contribution in [0.1, 0.15) is 32.4 Å². The molecule has 0 aliphatic heterocycles.